The molecule has 2 heterocycles. The van der Waals surface area contributed by atoms with Crippen molar-refractivity contribution in [1.29, 1.82) is 0 Å². The number of benzene rings is 2. The third-order valence-corrected chi connectivity index (χ3v) is 5.18. The predicted octanol–water partition coefficient (Wildman–Crippen LogP) is 1.47. The number of anilines is 1. The van der Waals surface area contributed by atoms with E-state index in [2.05, 4.69) is 10.6 Å². The van der Waals surface area contributed by atoms with E-state index in [1.165, 1.54) is 0 Å². The molecule has 2 aromatic rings. The molecule has 4 rings (SSSR count). The molecule has 2 atom stereocenters. The molecule has 0 aliphatic carbocycles. The number of nitrogens with zero attached hydrogens (tertiary/aromatic N) is 2. The molecule has 2 aromatic carbocycles. The van der Waals surface area contributed by atoms with Gasteiger partial charge in [-0.15, -0.1) is 0 Å². The number of rotatable bonds is 3. The summed E-state index contributed by atoms with van der Waals surface area (Å²) in [5, 5.41) is 5.66. The minimum atomic E-state index is -0.644. The molecule has 2 N–H and O–H groups in total. The van der Waals surface area contributed by atoms with Gasteiger partial charge in [-0.1, -0.05) is 48.5 Å². The number of hydrogen-bond acceptors (Lipinski definition) is 3. The number of nitrogens with one attached hydrogen (secondary N) is 2. The SMILES string of the molecule is O=C1N[C@H](Cc2ccccc2)C(=O)N2CCN(C(=O)Nc3ccccc3)C[C@H]12. The van der Waals surface area contributed by atoms with Gasteiger partial charge in [0.25, 0.3) is 0 Å². The van der Waals surface area contributed by atoms with Crippen LogP contribution in [0.1, 0.15) is 5.56 Å². The van der Waals surface area contributed by atoms with Gasteiger partial charge in [0.2, 0.25) is 11.8 Å². The summed E-state index contributed by atoms with van der Waals surface area (Å²) in [4.78, 5) is 41.2. The first-order valence-electron chi connectivity index (χ1n) is 9.37. The van der Waals surface area contributed by atoms with Gasteiger partial charge in [0, 0.05) is 25.2 Å². The van der Waals surface area contributed by atoms with Crippen LogP contribution in [0.15, 0.2) is 60.7 Å². The Labute approximate surface area is 163 Å². The average molecular weight is 378 g/mol. The fraction of sp³-hybridized carbons (Fsp3) is 0.286. The highest BCUT2D eigenvalue weighted by Crippen LogP contribution is 2.19. The van der Waals surface area contributed by atoms with Crippen molar-refractivity contribution in [3.05, 3.63) is 66.2 Å². The molecule has 2 fully saturated rings. The number of fused-ring (bicyclic) bond motifs is 1. The molecule has 2 aliphatic heterocycles. The van der Waals surface area contributed by atoms with E-state index in [1.54, 1.807) is 21.9 Å². The molecule has 4 amide bonds. The number of carbonyl (C=O) groups excluding carboxylic acids is 3. The van der Waals surface area contributed by atoms with Gasteiger partial charge in [-0.3, -0.25) is 9.59 Å². The molecule has 0 saturated carbocycles. The molecular weight excluding hydrogens is 356 g/mol. The van der Waals surface area contributed by atoms with Gasteiger partial charge in [-0.25, -0.2) is 4.79 Å². The first-order chi connectivity index (χ1) is 13.6. The predicted molar refractivity (Wildman–Crippen MR) is 105 cm³/mol. The lowest BCUT2D eigenvalue weighted by molar-refractivity contribution is -0.152. The summed E-state index contributed by atoms with van der Waals surface area (Å²) in [7, 11) is 0. The number of hydrogen-bond donors (Lipinski definition) is 2. The largest absolute Gasteiger partial charge is 0.342 e. The monoisotopic (exact) mass is 378 g/mol. The highest BCUT2D eigenvalue weighted by Gasteiger charge is 2.44. The Balaban J connectivity index is 1.41. The van der Waals surface area contributed by atoms with Crippen molar-refractivity contribution in [2.45, 2.75) is 18.5 Å². The van der Waals surface area contributed by atoms with Gasteiger partial charge in [0.15, 0.2) is 0 Å². The summed E-state index contributed by atoms with van der Waals surface area (Å²) in [6.07, 6.45) is 0.465. The standard InChI is InChI=1S/C21H22N4O3/c26-19-18-14-24(21(28)22-16-9-5-2-6-10-16)11-12-25(18)20(27)17(23-19)13-15-7-3-1-4-8-15/h1-10,17-18H,11-14H2,(H,22,28)(H,23,26)/t17-,18-/m1/s1. The maximum atomic E-state index is 12.9. The molecule has 0 bridgehead atoms. The Bertz CT molecular complexity index is 872. The van der Waals surface area contributed by atoms with E-state index in [0.717, 1.165) is 5.56 Å². The van der Waals surface area contributed by atoms with E-state index in [9.17, 15) is 14.4 Å². The van der Waals surface area contributed by atoms with Gasteiger partial charge in [-0.2, -0.15) is 0 Å². The van der Waals surface area contributed by atoms with Gasteiger partial charge in [0.05, 0.1) is 6.54 Å². The summed E-state index contributed by atoms with van der Waals surface area (Å²) >= 11 is 0. The highest BCUT2D eigenvalue weighted by molar-refractivity contribution is 5.98. The lowest BCUT2D eigenvalue weighted by Crippen LogP contribution is -2.70. The Morgan fingerprint density at radius 3 is 2.39 bits per heavy atom. The summed E-state index contributed by atoms with van der Waals surface area (Å²) in [5.74, 6) is -0.297. The van der Waals surface area contributed by atoms with Crippen LogP contribution >= 0.6 is 0 Å². The molecule has 0 radical (unpaired) electrons. The van der Waals surface area contributed by atoms with E-state index in [4.69, 9.17) is 0 Å². The van der Waals surface area contributed by atoms with Gasteiger partial charge in [0.1, 0.15) is 12.1 Å². The zero-order chi connectivity index (χ0) is 19.5. The number of carbonyl (C=O) groups is 3. The molecule has 0 aromatic heterocycles. The second kappa shape index (κ2) is 7.72. The van der Waals surface area contributed by atoms with Crippen molar-refractivity contribution < 1.29 is 14.4 Å². The number of piperazine rings is 2. The number of amides is 4. The molecule has 144 valence electrons. The summed E-state index contributed by atoms with van der Waals surface area (Å²) in [6.45, 7) is 0.935. The average Bonchev–Trinajstić information content (AvgIpc) is 2.73. The molecule has 7 nitrogen and oxygen atoms in total. The zero-order valence-corrected chi connectivity index (χ0v) is 15.4. The quantitative estimate of drug-likeness (QED) is 0.849. The molecule has 2 saturated heterocycles. The molecular formula is C21H22N4O3. The minimum absolute atomic E-state index is 0.0865. The van der Waals surface area contributed by atoms with Crippen LogP contribution in [0.5, 0.6) is 0 Å². The van der Waals surface area contributed by atoms with E-state index in [0.29, 0.717) is 25.2 Å². The Kier molecular flexibility index (Phi) is 4.97. The maximum Gasteiger partial charge on any atom is 0.321 e. The normalized spacial score (nSPS) is 21.7. The van der Waals surface area contributed by atoms with Crippen molar-refractivity contribution in [2.75, 3.05) is 25.0 Å². The van der Waals surface area contributed by atoms with Crippen LogP contribution < -0.4 is 10.6 Å². The van der Waals surface area contributed by atoms with Crippen LogP contribution in [-0.4, -0.2) is 59.4 Å². The molecule has 2 aliphatic rings. The van der Waals surface area contributed by atoms with Gasteiger partial charge in [-0.05, 0) is 17.7 Å². The third-order valence-electron chi connectivity index (χ3n) is 5.18. The highest BCUT2D eigenvalue weighted by atomic mass is 16.2. The lowest BCUT2D eigenvalue weighted by atomic mass is 9.99. The van der Waals surface area contributed by atoms with Crippen molar-refractivity contribution in [3.8, 4) is 0 Å². The molecule has 0 spiro atoms. The molecule has 0 unspecified atom stereocenters. The fourth-order valence-electron chi connectivity index (χ4n) is 3.70. The lowest BCUT2D eigenvalue weighted by Gasteiger charge is -2.45. The topological polar surface area (TPSA) is 81.8 Å². The smallest absolute Gasteiger partial charge is 0.321 e. The Hall–Kier alpha value is -3.35. The fourth-order valence-corrected chi connectivity index (χ4v) is 3.70. The van der Waals surface area contributed by atoms with Crippen molar-refractivity contribution >= 4 is 23.5 Å². The van der Waals surface area contributed by atoms with Crippen molar-refractivity contribution in [3.63, 3.8) is 0 Å². The van der Waals surface area contributed by atoms with Crippen molar-refractivity contribution in [1.82, 2.24) is 15.1 Å². The molecule has 28 heavy (non-hydrogen) atoms. The van der Waals surface area contributed by atoms with Crippen molar-refractivity contribution in [2.24, 2.45) is 0 Å². The maximum absolute atomic E-state index is 12.9. The second-order valence-electron chi connectivity index (χ2n) is 7.04. The number of para-hydroxylation sites is 1. The van der Waals surface area contributed by atoms with E-state index >= 15 is 0 Å². The van der Waals surface area contributed by atoms with Crippen LogP contribution in [0.2, 0.25) is 0 Å². The molecule has 7 heteroatoms. The van der Waals surface area contributed by atoms with Crippen LogP contribution in [0, 0.1) is 0 Å². The number of urea groups is 1. The second-order valence-corrected chi connectivity index (χ2v) is 7.04. The van der Waals surface area contributed by atoms with Crippen LogP contribution in [0.3, 0.4) is 0 Å². The van der Waals surface area contributed by atoms with Gasteiger partial charge < -0.3 is 20.4 Å². The first kappa shape index (κ1) is 18.0. The van der Waals surface area contributed by atoms with Gasteiger partial charge >= 0.3 is 6.03 Å². The van der Waals surface area contributed by atoms with Crippen LogP contribution in [0.4, 0.5) is 10.5 Å². The Morgan fingerprint density at radius 1 is 1.00 bits per heavy atom. The van der Waals surface area contributed by atoms with Crippen LogP contribution in [0.25, 0.3) is 0 Å². The van der Waals surface area contributed by atoms with E-state index in [1.807, 2.05) is 48.5 Å². The minimum Gasteiger partial charge on any atom is -0.342 e. The van der Waals surface area contributed by atoms with E-state index in [-0.39, 0.29) is 24.4 Å². The zero-order valence-electron chi connectivity index (χ0n) is 15.4. The summed E-state index contributed by atoms with van der Waals surface area (Å²) in [5.41, 5.74) is 1.70. The Morgan fingerprint density at radius 2 is 1.68 bits per heavy atom. The summed E-state index contributed by atoms with van der Waals surface area (Å²) < 4.78 is 0. The third kappa shape index (κ3) is 3.69. The van der Waals surface area contributed by atoms with Crippen LogP contribution in [-0.2, 0) is 16.0 Å². The summed E-state index contributed by atoms with van der Waals surface area (Å²) in [6, 6.07) is 17.3. The van der Waals surface area contributed by atoms with E-state index < -0.39 is 12.1 Å². The first-order valence-corrected chi connectivity index (χ1v) is 9.37.